The normalized spacial score (nSPS) is 18.4. The Morgan fingerprint density at radius 2 is 2.30 bits per heavy atom. The van der Waals surface area contributed by atoms with E-state index in [-0.39, 0.29) is 22.7 Å². The number of rotatable bonds is 6. The Balaban J connectivity index is 2.00. The number of anilines is 1. The summed E-state index contributed by atoms with van der Waals surface area (Å²) in [6, 6.07) is 4.32. The van der Waals surface area contributed by atoms with Gasteiger partial charge in [0.05, 0.1) is 18.2 Å². The van der Waals surface area contributed by atoms with Crippen LogP contribution in [0.4, 0.5) is 5.69 Å². The van der Waals surface area contributed by atoms with Crippen molar-refractivity contribution in [1.82, 2.24) is 4.90 Å². The zero-order valence-corrected chi connectivity index (χ0v) is 13.5. The topological polar surface area (TPSA) is 88.1 Å². The number of aliphatic carboxylic acids is 1. The standard InChI is InChI=1S/C15H19ClN2O5/c1-2-18-5-6-22-8-12(18)15(21)17-10-3-4-13(11(16)7-10)23-9-14(19)20/h3-4,7,12H,2,5-6,8-9H2,1H3,(H,17,21)(H,19,20). The second-order valence-corrected chi connectivity index (χ2v) is 5.44. The molecule has 1 atom stereocenters. The molecule has 8 heteroatoms. The van der Waals surface area contributed by atoms with Gasteiger partial charge in [0, 0.05) is 12.2 Å². The number of likely N-dealkylation sites (N-methyl/N-ethyl adjacent to an activating group) is 1. The van der Waals surface area contributed by atoms with Crippen LogP contribution >= 0.6 is 11.6 Å². The van der Waals surface area contributed by atoms with Crippen LogP contribution in [0.2, 0.25) is 5.02 Å². The highest BCUT2D eigenvalue weighted by molar-refractivity contribution is 6.32. The molecule has 1 heterocycles. The molecule has 7 nitrogen and oxygen atoms in total. The molecule has 1 saturated heterocycles. The maximum atomic E-state index is 12.4. The van der Waals surface area contributed by atoms with Crippen molar-refractivity contribution in [3.8, 4) is 5.75 Å². The van der Waals surface area contributed by atoms with Gasteiger partial charge in [0.25, 0.3) is 0 Å². The van der Waals surface area contributed by atoms with Gasteiger partial charge in [-0.05, 0) is 24.7 Å². The number of ether oxygens (including phenoxy) is 2. The largest absolute Gasteiger partial charge is 0.480 e. The third-order valence-electron chi connectivity index (χ3n) is 3.50. The van der Waals surface area contributed by atoms with Crippen molar-refractivity contribution in [2.75, 3.05) is 38.2 Å². The Bertz CT molecular complexity index is 581. The van der Waals surface area contributed by atoms with Crippen LogP contribution in [0.25, 0.3) is 0 Å². The van der Waals surface area contributed by atoms with E-state index in [0.717, 1.165) is 13.1 Å². The molecule has 0 aliphatic carbocycles. The fraction of sp³-hybridized carbons (Fsp3) is 0.467. The summed E-state index contributed by atoms with van der Waals surface area (Å²) in [5.41, 5.74) is 0.518. The molecule has 0 aromatic heterocycles. The molecule has 1 amide bonds. The van der Waals surface area contributed by atoms with Gasteiger partial charge in [0.2, 0.25) is 5.91 Å². The smallest absolute Gasteiger partial charge is 0.341 e. The number of carboxylic acids is 1. The highest BCUT2D eigenvalue weighted by atomic mass is 35.5. The lowest BCUT2D eigenvalue weighted by molar-refractivity contribution is -0.139. The molecule has 126 valence electrons. The van der Waals surface area contributed by atoms with Gasteiger partial charge in [0.15, 0.2) is 6.61 Å². The second-order valence-electron chi connectivity index (χ2n) is 5.04. The van der Waals surface area contributed by atoms with Gasteiger partial charge >= 0.3 is 5.97 Å². The first kappa shape index (κ1) is 17.5. The second kappa shape index (κ2) is 8.14. The number of carboxylic acid groups (broad SMARTS) is 1. The number of hydrogen-bond acceptors (Lipinski definition) is 5. The van der Waals surface area contributed by atoms with E-state index in [0.29, 0.717) is 18.9 Å². The summed E-state index contributed by atoms with van der Waals surface area (Å²) in [5, 5.41) is 11.6. The number of hydrogen-bond donors (Lipinski definition) is 2. The van der Waals surface area contributed by atoms with Gasteiger partial charge < -0.3 is 19.9 Å². The Labute approximate surface area is 139 Å². The van der Waals surface area contributed by atoms with Crippen LogP contribution in [0.3, 0.4) is 0 Å². The summed E-state index contributed by atoms with van der Waals surface area (Å²) in [7, 11) is 0. The summed E-state index contributed by atoms with van der Waals surface area (Å²) in [6.07, 6.45) is 0. The number of nitrogens with one attached hydrogen (secondary N) is 1. The van der Waals surface area contributed by atoms with Gasteiger partial charge in [-0.25, -0.2) is 4.79 Å². The van der Waals surface area contributed by atoms with Crippen molar-refractivity contribution in [2.45, 2.75) is 13.0 Å². The van der Waals surface area contributed by atoms with E-state index in [1.165, 1.54) is 12.1 Å². The van der Waals surface area contributed by atoms with Crippen molar-refractivity contribution in [3.05, 3.63) is 23.2 Å². The maximum Gasteiger partial charge on any atom is 0.341 e. The lowest BCUT2D eigenvalue weighted by atomic mass is 10.2. The molecule has 1 aliphatic rings. The van der Waals surface area contributed by atoms with Gasteiger partial charge in [-0.2, -0.15) is 0 Å². The van der Waals surface area contributed by atoms with E-state index < -0.39 is 12.6 Å². The summed E-state index contributed by atoms with van der Waals surface area (Å²) >= 11 is 6.03. The Hall–Kier alpha value is -1.83. The Morgan fingerprint density at radius 1 is 1.52 bits per heavy atom. The molecule has 0 radical (unpaired) electrons. The van der Waals surface area contributed by atoms with Crippen molar-refractivity contribution in [2.24, 2.45) is 0 Å². The van der Waals surface area contributed by atoms with Gasteiger partial charge in [-0.1, -0.05) is 18.5 Å². The minimum atomic E-state index is -1.09. The molecule has 1 aromatic rings. The summed E-state index contributed by atoms with van der Waals surface area (Å²) in [4.78, 5) is 24.9. The van der Waals surface area contributed by atoms with Gasteiger partial charge in [-0.15, -0.1) is 0 Å². The predicted octanol–water partition coefficient (Wildman–Crippen LogP) is 1.46. The number of morpholine rings is 1. The highest BCUT2D eigenvalue weighted by Crippen LogP contribution is 2.28. The van der Waals surface area contributed by atoms with Crippen molar-refractivity contribution < 1.29 is 24.2 Å². The lowest BCUT2D eigenvalue weighted by Gasteiger charge is -2.33. The first-order chi connectivity index (χ1) is 11.0. The Morgan fingerprint density at radius 3 is 2.96 bits per heavy atom. The van der Waals surface area contributed by atoms with E-state index in [4.69, 9.17) is 26.2 Å². The molecule has 0 spiro atoms. The van der Waals surface area contributed by atoms with Crippen LogP contribution in [0, 0.1) is 0 Å². The summed E-state index contributed by atoms with van der Waals surface area (Å²) < 4.78 is 10.4. The van der Waals surface area contributed by atoms with E-state index >= 15 is 0 Å². The molecule has 1 unspecified atom stereocenters. The zero-order chi connectivity index (χ0) is 16.8. The minimum Gasteiger partial charge on any atom is -0.480 e. The predicted molar refractivity (Wildman–Crippen MR) is 85.1 cm³/mol. The van der Waals surface area contributed by atoms with E-state index in [9.17, 15) is 9.59 Å². The monoisotopic (exact) mass is 342 g/mol. The average molecular weight is 343 g/mol. The third-order valence-corrected chi connectivity index (χ3v) is 3.79. The summed E-state index contributed by atoms with van der Waals surface area (Å²) in [5.74, 6) is -1.000. The molecule has 2 rings (SSSR count). The van der Waals surface area contributed by atoms with Crippen molar-refractivity contribution in [1.29, 1.82) is 0 Å². The first-order valence-electron chi connectivity index (χ1n) is 7.28. The van der Waals surface area contributed by atoms with Gasteiger partial charge in [0.1, 0.15) is 11.8 Å². The van der Waals surface area contributed by atoms with Crippen LogP contribution < -0.4 is 10.1 Å². The Kier molecular flexibility index (Phi) is 6.20. The van der Waals surface area contributed by atoms with E-state index in [1.54, 1.807) is 6.07 Å². The quantitative estimate of drug-likeness (QED) is 0.813. The number of halogens is 1. The molecule has 1 aromatic carbocycles. The SMILES string of the molecule is CCN1CCOCC1C(=O)Nc1ccc(OCC(=O)O)c(Cl)c1. The molecule has 0 bridgehead atoms. The van der Waals surface area contributed by atoms with Crippen LogP contribution in [0.15, 0.2) is 18.2 Å². The van der Waals surface area contributed by atoms with Crippen molar-refractivity contribution >= 4 is 29.2 Å². The van der Waals surface area contributed by atoms with Crippen LogP contribution in [0.5, 0.6) is 5.75 Å². The molecule has 2 N–H and O–H groups in total. The summed E-state index contributed by atoms with van der Waals surface area (Å²) in [6.45, 7) is 3.99. The molecule has 1 fully saturated rings. The highest BCUT2D eigenvalue weighted by Gasteiger charge is 2.28. The van der Waals surface area contributed by atoms with Gasteiger partial charge in [-0.3, -0.25) is 9.69 Å². The van der Waals surface area contributed by atoms with Crippen molar-refractivity contribution in [3.63, 3.8) is 0 Å². The minimum absolute atomic E-state index is 0.165. The molecule has 0 saturated carbocycles. The molecular formula is C15H19ClN2O5. The van der Waals surface area contributed by atoms with E-state index in [1.807, 2.05) is 11.8 Å². The number of carbonyl (C=O) groups is 2. The van der Waals surface area contributed by atoms with Crippen LogP contribution in [-0.4, -0.2) is 60.8 Å². The average Bonchev–Trinajstić information content (AvgIpc) is 2.53. The zero-order valence-electron chi connectivity index (χ0n) is 12.8. The fourth-order valence-electron chi connectivity index (χ4n) is 2.32. The molecular weight excluding hydrogens is 324 g/mol. The first-order valence-corrected chi connectivity index (χ1v) is 7.66. The van der Waals surface area contributed by atoms with Crippen LogP contribution in [0.1, 0.15) is 6.92 Å². The fourth-order valence-corrected chi connectivity index (χ4v) is 2.55. The number of benzene rings is 1. The number of amides is 1. The number of nitrogens with zero attached hydrogens (tertiary/aromatic N) is 1. The lowest BCUT2D eigenvalue weighted by Crippen LogP contribution is -2.51. The van der Waals surface area contributed by atoms with E-state index in [2.05, 4.69) is 5.32 Å². The molecule has 23 heavy (non-hydrogen) atoms. The number of carbonyl (C=O) groups excluding carboxylic acids is 1. The third kappa shape index (κ3) is 4.82. The molecule has 1 aliphatic heterocycles. The maximum absolute atomic E-state index is 12.4. The van der Waals surface area contributed by atoms with Crippen LogP contribution in [-0.2, 0) is 14.3 Å².